The molecular weight excluding hydrogens is 324 g/mol. The summed E-state index contributed by atoms with van der Waals surface area (Å²) in [5.74, 6) is 0. The summed E-state index contributed by atoms with van der Waals surface area (Å²) in [5, 5.41) is 3.64. The van der Waals surface area contributed by atoms with Crippen molar-refractivity contribution in [3.05, 3.63) is 64.1 Å². The zero-order valence-electron chi connectivity index (χ0n) is 12.3. The number of benzene rings is 2. The SMILES string of the molecule is Cc1ccc(Br)c(N2CCNC(Cc3ccccc3)C2)c1. The second-order valence-corrected chi connectivity index (χ2v) is 6.60. The Bertz CT molecular complexity index is 597. The largest absolute Gasteiger partial charge is 0.368 e. The predicted octanol–water partition coefficient (Wildman–Crippen LogP) is 3.78. The van der Waals surface area contributed by atoms with E-state index >= 15 is 0 Å². The number of nitrogens with zero attached hydrogens (tertiary/aromatic N) is 1. The lowest BCUT2D eigenvalue weighted by atomic mass is 10.0. The lowest BCUT2D eigenvalue weighted by Gasteiger charge is -2.36. The van der Waals surface area contributed by atoms with Gasteiger partial charge in [-0.2, -0.15) is 0 Å². The van der Waals surface area contributed by atoms with Gasteiger partial charge >= 0.3 is 0 Å². The highest BCUT2D eigenvalue weighted by Gasteiger charge is 2.21. The van der Waals surface area contributed by atoms with E-state index in [4.69, 9.17) is 0 Å². The summed E-state index contributed by atoms with van der Waals surface area (Å²) >= 11 is 3.69. The molecule has 0 bridgehead atoms. The maximum atomic E-state index is 3.69. The van der Waals surface area contributed by atoms with Gasteiger partial charge in [0.05, 0.1) is 5.69 Å². The van der Waals surface area contributed by atoms with Crippen LogP contribution in [0, 0.1) is 6.92 Å². The molecule has 1 N–H and O–H groups in total. The van der Waals surface area contributed by atoms with Gasteiger partial charge in [0, 0.05) is 30.1 Å². The molecule has 0 aromatic heterocycles. The van der Waals surface area contributed by atoms with Crippen LogP contribution in [0.2, 0.25) is 0 Å². The molecule has 1 aliphatic heterocycles. The van der Waals surface area contributed by atoms with Crippen molar-refractivity contribution in [2.24, 2.45) is 0 Å². The molecule has 1 heterocycles. The number of rotatable bonds is 3. The maximum Gasteiger partial charge on any atom is 0.0514 e. The first-order valence-electron chi connectivity index (χ1n) is 7.51. The van der Waals surface area contributed by atoms with Gasteiger partial charge in [-0.15, -0.1) is 0 Å². The van der Waals surface area contributed by atoms with E-state index in [-0.39, 0.29) is 0 Å². The highest BCUT2D eigenvalue weighted by molar-refractivity contribution is 9.10. The summed E-state index contributed by atoms with van der Waals surface area (Å²) in [5.41, 5.74) is 4.03. The number of anilines is 1. The quantitative estimate of drug-likeness (QED) is 0.911. The molecule has 110 valence electrons. The predicted molar refractivity (Wildman–Crippen MR) is 93.0 cm³/mol. The molecule has 21 heavy (non-hydrogen) atoms. The van der Waals surface area contributed by atoms with Crippen LogP contribution < -0.4 is 10.2 Å². The molecule has 0 aliphatic carbocycles. The fourth-order valence-electron chi connectivity index (χ4n) is 2.94. The number of aryl methyl sites for hydroxylation is 1. The van der Waals surface area contributed by atoms with Crippen molar-refractivity contribution < 1.29 is 0 Å². The Hall–Kier alpha value is -1.32. The van der Waals surface area contributed by atoms with Gasteiger partial charge in [0.15, 0.2) is 0 Å². The Morgan fingerprint density at radius 2 is 2.00 bits per heavy atom. The van der Waals surface area contributed by atoms with Gasteiger partial charge in [0.2, 0.25) is 0 Å². The zero-order valence-corrected chi connectivity index (χ0v) is 13.9. The molecule has 1 aliphatic rings. The minimum atomic E-state index is 0.508. The highest BCUT2D eigenvalue weighted by Crippen LogP contribution is 2.28. The van der Waals surface area contributed by atoms with E-state index in [1.54, 1.807) is 0 Å². The van der Waals surface area contributed by atoms with Crippen LogP contribution in [0.4, 0.5) is 5.69 Å². The van der Waals surface area contributed by atoms with Crippen LogP contribution >= 0.6 is 15.9 Å². The fraction of sp³-hybridized carbons (Fsp3) is 0.333. The highest BCUT2D eigenvalue weighted by atomic mass is 79.9. The van der Waals surface area contributed by atoms with Gasteiger partial charge in [-0.3, -0.25) is 0 Å². The minimum Gasteiger partial charge on any atom is -0.368 e. The van der Waals surface area contributed by atoms with E-state index < -0.39 is 0 Å². The van der Waals surface area contributed by atoms with Gasteiger partial charge in [-0.25, -0.2) is 0 Å². The van der Waals surface area contributed by atoms with Crippen LogP contribution in [0.25, 0.3) is 0 Å². The molecule has 0 spiro atoms. The van der Waals surface area contributed by atoms with Crippen molar-refractivity contribution in [1.82, 2.24) is 5.32 Å². The lowest BCUT2D eigenvalue weighted by molar-refractivity contribution is 0.454. The second-order valence-electron chi connectivity index (χ2n) is 5.74. The number of piperazine rings is 1. The van der Waals surface area contributed by atoms with Gasteiger partial charge in [0.1, 0.15) is 0 Å². The van der Waals surface area contributed by atoms with E-state index in [2.05, 4.69) is 81.6 Å². The summed E-state index contributed by atoms with van der Waals surface area (Å²) in [6.07, 6.45) is 1.08. The molecule has 1 unspecified atom stereocenters. The molecule has 0 saturated carbocycles. The molecule has 1 atom stereocenters. The maximum absolute atomic E-state index is 3.69. The monoisotopic (exact) mass is 344 g/mol. The van der Waals surface area contributed by atoms with Crippen molar-refractivity contribution >= 4 is 21.6 Å². The molecular formula is C18H21BrN2. The van der Waals surface area contributed by atoms with Gasteiger partial charge in [0.25, 0.3) is 0 Å². The Morgan fingerprint density at radius 3 is 2.81 bits per heavy atom. The first kappa shape index (κ1) is 14.6. The van der Waals surface area contributed by atoms with Gasteiger partial charge in [-0.1, -0.05) is 36.4 Å². The number of hydrogen-bond acceptors (Lipinski definition) is 2. The third-order valence-electron chi connectivity index (χ3n) is 4.02. The van der Waals surface area contributed by atoms with Crippen LogP contribution in [-0.2, 0) is 6.42 Å². The van der Waals surface area contributed by atoms with Crippen LogP contribution in [0.15, 0.2) is 53.0 Å². The smallest absolute Gasteiger partial charge is 0.0514 e. The molecule has 1 saturated heterocycles. The van der Waals surface area contributed by atoms with E-state index in [1.165, 1.54) is 21.3 Å². The van der Waals surface area contributed by atoms with Crippen molar-refractivity contribution in [1.29, 1.82) is 0 Å². The van der Waals surface area contributed by atoms with Crippen LogP contribution in [0.5, 0.6) is 0 Å². The fourth-order valence-corrected chi connectivity index (χ4v) is 3.44. The Morgan fingerprint density at radius 1 is 1.19 bits per heavy atom. The second kappa shape index (κ2) is 6.63. The first-order valence-corrected chi connectivity index (χ1v) is 8.30. The molecule has 2 aromatic rings. The van der Waals surface area contributed by atoms with Crippen molar-refractivity contribution in [3.63, 3.8) is 0 Å². The summed E-state index contributed by atoms with van der Waals surface area (Å²) in [7, 11) is 0. The average Bonchev–Trinajstić information content (AvgIpc) is 2.51. The minimum absolute atomic E-state index is 0.508. The van der Waals surface area contributed by atoms with E-state index in [1.807, 2.05) is 0 Å². The molecule has 2 nitrogen and oxygen atoms in total. The summed E-state index contributed by atoms with van der Waals surface area (Å²) in [6.45, 7) is 5.31. The van der Waals surface area contributed by atoms with Gasteiger partial charge in [-0.05, 0) is 52.5 Å². The number of nitrogens with one attached hydrogen (secondary N) is 1. The average molecular weight is 345 g/mol. The molecule has 3 heteroatoms. The van der Waals surface area contributed by atoms with E-state index in [0.29, 0.717) is 6.04 Å². The molecule has 1 fully saturated rings. The Labute approximate surface area is 135 Å². The Balaban J connectivity index is 1.72. The topological polar surface area (TPSA) is 15.3 Å². The lowest BCUT2D eigenvalue weighted by Crippen LogP contribution is -2.51. The van der Waals surface area contributed by atoms with Crippen molar-refractivity contribution in [3.8, 4) is 0 Å². The summed E-state index contributed by atoms with van der Waals surface area (Å²) in [4.78, 5) is 2.49. The van der Waals surface area contributed by atoms with Crippen LogP contribution in [0.1, 0.15) is 11.1 Å². The van der Waals surface area contributed by atoms with Crippen LogP contribution in [0.3, 0.4) is 0 Å². The first-order chi connectivity index (χ1) is 10.2. The van der Waals surface area contributed by atoms with Crippen LogP contribution in [-0.4, -0.2) is 25.7 Å². The van der Waals surface area contributed by atoms with Crippen molar-refractivity contribution in [2.75, 3.05) is 24.5 Å². The third-order valence-corrected chi connectivity index (χ3v) is 4.69. The Kier molecular flexibility index (Phi) is 4.61. The van der Waals surface area contributed by atoms with Gasteiger partial charge < -0.3 is 10.2 Å². The zero-order chi connectivity index (χ0) is 14.7. The molecule has 3 rings (SSSR count). The molecule has 2 aromatic carbocycles. The number of halogens is 1. The number of hydrogen-bond donors (Lipinski definition) is 1. The van der Waals surface area contributed by atoms with E-state index in [0.717, 1.165) is 26.1 Å². The molecule has 0 amide bonds. The third kappa shape index (κ3) is 3.66. The summed E-state index contributed by atoms with van der Waals surface area (Å²) < 4.78 is 1.19. The summed E-state index contributed by atoms with van der Waals surface area (Å²) in [6, 6.07) is 17.8. The molecule has 0 radical (unpaired) electrons. The van der Waals surface area contributed by atoms with Crippen molar-refractivity contribution in [2.45, 2.75) is 19.4 Å². The van der Waals surface area contributed by atoms with E-state index in [9.17, 15) is 0 Å². The standard InChI is InChI=1S/C18H21BrN2/c1-14-7-8-17(19)18(11-14)21-10-9-20-16(13-21)12-15-5-3-2-4-6-15/h2-8,11,16,20H,9-10,12-13H2,1H3. The normalized spacial score (nSPS) is 18.8.